The van der Waals surface area contributed by atoms with Crippen molar-refractivity contribution in [2.24, 2.45) is 0 Å². The number of sulfonamides is 1. The molecule has 1 aromatic carbocycles. The van der Waals surface area contributed by atoms with Gasteiger partial charge in [0, 0.05) is 17.4 Å². The number of thioether (sulfide) groups is 1. The van der Waals surface area contributed by atoms with Crippen molar-refractivity contribution in [1.82, 2.24) is 9.97 Å². The van der Waals surface area contributed by atoms with Gasteiger partial charge in [-0.15, -0.1) is 0 Å². The third-order valence-corrected chi connectivity index (χ3v) is 4.64. The number of aromatic nitrogens is 2. The molecule has 2 rings (SSSR count). The van der Waals surface area contributed by atoms with Gasteiger partial charge in [0.1, 0.15) is 5.82 Å². The van der Waals surface area contributed by atoms with Crippen LogP contribution < -0.4 is 10.5 Å². The SMILES string of the molecule is CCSc1nc(C)cc(NS(=O)(=O)c2ccc(N)cc2)n1. The van der Waals surface area contributed by atoms with Crippen molar-refractivity contribution in [3.63, 3.8) is 0 Å². The molecule has 0 saturated carbocycles. The molecule has 6 nitrogen and oxygen atoms in total. The zero-order valence-corrected chi connectivity index (χ0v) is 13.3. The molecular weight excluding hydrogens is 308 g/mol. The molecule has 8 heteroatoms. The van der Waals surface area contributed by atoms with Crippen LogP contribution in [0.5, 0.6) is 0 Å². The monoisotopic (exact) mass is 324 g/mol. The Morgan fingerprint density at radius 1 is 1.24 bits per heavy atom. The Balaban J connectivity index is 2.30. The van der Waals surface area contributed by atoms with E-state index in [1.165, 1.54) is 36.0 Å². The van der Waals surface area contributed by atoms with E-state index in [4.69, 9.17) is 5.73 Å². The number of nitrogens with one attached hydrogen (secondary N) is 1. The zero-order chi connectivity index (χ0) is 15.5. The molecule has 0 spiro atoms. The molecule has 0 atom stereocenters. The topological polar surface area (TPSA) is 98.0 Å². The van der Waals surface area contributed by atoms with Gasteiger partial charge in [-0.25, -0.2) is 18.4 Å². The lowest BCUT2D eigenvalue weighted by atomic mass is 10.3. The Kier molecular flexibility index (Phi) is 4.69. The lowest BCUT2D eigenvalue weighted by molar-refractivity contribution is 0.601. The molecule has 1 heterocycles. The highest BCUT2D eigenvalue weighted by Gasteiger charge is 2.15. The molecule has 0 amide bonds. The second-order valence-corrected chi connectivity index (χ2v) is 7.20. The molecule has 0 radical (unpaired) electrons. The highest BCUT2D eigenvalue weighted by Crippen LogP contribution is 2.19. The first kappa shape index (κ1) is 15.6. The summed E-state index contributed by atoms with van der Waals surface area (Å²) in [7, 11) is -3.68. The predicted octanol–water partition coefficient (Wildman–Crippen LogP) is 2.28. The van der Waals surface area contributed by atoms with Gasteiger partial charge in [-0.05, 0) is 36.9 Å². The minimum atomic E-state index is -3.68. The fraction of sp³-hybridized carbons (Fsp3) is 0.231. The minimum Gasteiger partial charge on any atom is -0.399 e. The number of hydrogen-bond donors (Lipinski definition) is 2. The summed E-state index contributed by atoms with van der Waals surface area (Å²) in [5, 5.41) is 0.549. The van der Waals surface area contributed by atoms with Gasteiger partial charge in [-0.2, -0.15) is 0 Å². The molecule has 21 heavy (non-hydrogen) atoms. The first-order valence-electron chi connectivity index (χ1n) is 6.27. The van der Waals surface area contributed by atoms with Crippen LogP contribution in [0.15, 0.2) is 40.4 Å². The third-order valence-electron chi connectivity index (χ3n) is 2.54. The third kappa shape index (κ3) is 4.08. The molecule has 2 aromatic rings. The van der Waals surface area contributed by atoms with Crippen molar-refractivity contribution < 1.29 is 8.42 Å². The maximum Gasteiger partial charge on any atom is 0.263 e. The number of nitrogens with zero attached hydrogens (tertiary/aromatic N) is 2. The Morgan fingerprint density at radius 2 is 1.90 bits per heavy atom. The summed E-state index contributed by atoms with van der Waals surface area (Å²) < 4.78 is 27.0. The fourth-order valence-corrected chi connectivity index (χ4v) is 3.25. The van der Waals surface area contributed by atoms with Crippen molar-refractivity contribution in [2.45, 2.75) is 23.9 Å². The van der Waals surface area contributed by atoms with Crippen LogP contribution in [0.1, 0.15) is 12.6 Å². The van der Waals surface area contributed by atoms with Gasteiger partial charge in [0.2, 0.25) is 0 Å². The Morgan fingerprint density at radius 3 is 2.52 bits per heavy atom. The molecule has 0 aliphatic rings. The summed E-state index contributed by atoms with van der Waals surface area (Å²) in [6.45, 7) is 3.77. The van der Waals surface area contributed by atoms with E-state index in [1.807, 2.05) is 6.92 Å². The van der Waals surface area contributed by atoms with Crippen molar-refractivity contribution in [2.75, 3.05) is 16.2 Å². The maximum absolute atomic E-state index is 12.3. The quantitative estimate of drug-likeness (QED) is 0.497. The van der Waals surface area contributed by atoms with Gasteiger partial charge in [-0.3, -0.25) is 4.72 Å². The van der Waals surface area contributed by atoms with Crippen LogP contribution in [0.25, 0.3) is 0 Å². The number of hydrogen-bond acceptors (Lipinski definition) is 6. The standard InChI is InChI=1S/C13H16N4O2S2/c1-3-20-13-15-9(2)8-12(16-13)17-21(18,19)11-6-4-10(14)5-7-11/h4-8H,3,14H2,1-2H3,(H,15,16,17). The average Bonchev–Trinajstić information content (AvgIpc) is 2.38. The van der Waals surface area contributed by atoms with E-state index in [-0.39, 0.29) is 10.7 Å². The van der Waals surface area contributed by atoms with E-state index in [9.17, 15) is 8.42 Å². The smallest absolute Gasteiger partial charge is 0.263 e. The Labute approximate surface area is 128 Å². The summed E-state index contributed by atoms with van der Waals surface area (Å²) in [5.74, 6) is 1.07. The highest BCUT2D eigenvalue weighted by atomic mass is 32.2. The number of benzene rings is 1. The van der Waals surface area contributed by atoms with Gasteiger partial charge in [0.15, 0.2) is 5.16 Å². The van der Waals surface area contributed by atoms with Crippen molar-refractivity contribution >= 4 is 33.3 Å². The Hall–Kier alpha value is -1.80. The van der Waals surface area contributed by atoms with E-state index in [1.54, 1.807) is 13.0 Å². The summed E-state index contributed by atoms with van der Waals surface area (Å²) in [6, 6.07) is 7.58. The van der Waals surface area contributed by atoms with Crippen molar-refractivity contribution in [1.29, 1.82) is 0 Å². The molecular formula is C13H16N4O2S2. The first-order valence-corrected chi connectivity index (χ1v) is 8.74. The number of anilines is 2. The molecule has 1 aromatic heterocycles. The molecule has 0 bridgehead atoms. The summed E-state index contributed by atoms with van der Waals surface area (Å²) in [5.41, 5.74) is 6.77. The number of aryl methyl sites for hydroxylation is 1. The zero-order valence-electron chi connectivity index (χ0n) is 11.7. The second-order valence-electron chi connectivity index (χ2n) is 4.28. The maximum atomic E-state index is 12.3. The van der Waals surface area contributed by atoms with Crippen molar-refractivity contribution in [3.05, 3.63) is 36.0 Å². The van der Waals surface area contributed by atoms with Gasteiger partial charge in [0.05, 0.1) is 4.90 Å². The normalized spacial score (nSPS) is 11.3. The van der Waals surface area contributed by atoms with E-state index in [2.05, 4.69) is 14.7 Å². The summed E-state index contributed by atoms with van der Waals surface area (Å²) in [4.78, 5) is 8.56. The molecule has 0 saturated heterocycles. The van der Waals surface area contributed by atoms with Crippen LogP contribution in [-0.4, -0.2) is 24.1 Å². The summed E-state index contributed by atoms with van der Waals surface area (Å²) in [6.07, 6.45) is 0. The molecule has 112 valence electrons. The fourth-order valence-electron chi connectivity index (χ4n) is 1.63. The van der Waals surface area contributed by atoms with Crippen LogP contribution in [0.2, 0.25) is 0 Å². The van der Waals surface area contributed by atoms with Gasteiger partial charge < -0.3 is 5.73 Å². The lowest BCUT2D eigenvalue weighted by Crippen LogP contribution is -2.14. The van der Waals surface area contributed by atoms with Gasteiger partial charge in [-0.1, -0.05) is 18.7 Å². The number of nitrogens with two attached hydrogens (primary N) is 1. The van der Waals surface area contributed by atoms with E-state index in [0.29, 0.717) is 16.5 Å². The highest BCUT2D eigenvalue weighted by molar-refractivity contribution is 7.99. The molecule has 0 fully saturated rings. The minimum absolute atomic E-state index is 0.137. The number of rotatable bonds is 5. The molecule has 3 N–H and O–H groups in total. The molecule has 0 aliphatic heterocycles. The van der Waals surface area contributed by atoms with E-state index < -0.39 is 10.0 Å². The van der Waals surface area contributed by atoms with E-state index in [0.717, 1.165) is 5.75 Å². The number of nitrogen functional groups attached to an aromatic ring is 1. The van der Waals surface area contributed by atoms with Crippen molar-refractivity contribution in [3.8, 4) is 0 Å². The summed E-state index contributed by atoms with van der Waals surface area (Å²) >= 11 is 1.45. The van der Waals surface area contributed by atoms with Crippen LogP contribution in [-0.2, 0) is 10.0 Å². The van der Waals surface area contributed by atoms with Crippen LogP contribution in [0.4, 0.5) is 11.5 Å². The lowest BCUT2D eigenvalue weighted by Gasteiger charge is -2.09. The predicted molar refractivity (Wildman–Crippen MR) is 84.8 cm³/mol. The Bertz CT molecular complexity index is 730. The van der Waals surface area contributed by atoms with E-state index >= 15 is 0 Å². The molecule has 0 aliphatic carbocycles. The largest absolute Gasteiger partial charge is 0.399 e. The van der Waals surface area contributed by atoms with Gasteiger partial charge >= 0.3 is 0 Å². The first-order chi connectivity index (χ1) is 9.90. The van der Waals surface area contributed by atoms with Crippen LogP contribution in [0.3, 0.4) is 0 Å². The van der Waals surface area contributed by atoms with Crippen LogP contribution >= 0.6 is 11.8 Å². The average molecular weight is 324 g/mol. The van der Waals surface area contributed by atoms with Gasteiger partial charge in [0.25, 0.3) is 10.0 Å². The molecule has 0 unspecified atom stereocenters. The van der Waals surface area contributed by atoms with Crippen LogP contribution in [0, 0.1) is 6.92 Å². The second kappa shape index (κ2) is 6.31.